The van der Waals surface area contributed by atoms with Gasteiger partial charge in [-0.2, -0.15) is 0 Å². The standard InChI is InChI=1S/C15H24O3S.C14H12O6S.C10H10O7S.C10H8O4S.C10H8O3S.C8H6O7S.C8H8O4S.C6H6O4S.C3H4O3.CH4O3S/c1-9(2)12-7-13(10(3)4)15(19(16,17)18)14(8-12)11(5)6;1-20-12-8-11(15)10(7-13(12)21(17,18)19)14(16)9-5-3-2-4-6-9;1-16-9(11)6-3-7(10(12)17-2)5-8(4-6)18(13,14)15;11-9-3-1-8-6-10(15(12,13)14)4-2-7(8)5-9;11-14(12,13)10-6-5-8-3-1-2-4-9(8)7-10;9-7(10)4-1-5(8(11)12)3-6(2-4)16(13,14)15;1-6(9)7-2-4-8(5-3-7)13(10,11)12;7-5-1-3-6(4-2-5)11(8,9)10;1-2(4)3(5)6;1-5(2,3)4/h7-11H,1-6H3,(H,16,17,18);2-8,15H,1H3,(H,17,18,19);3-5H,1-2H3,(H,13,14,15);1-6,11H,(H,12,13,14);1-7H,(H,11,12,13);1-3H,(H,9,10)(H,11,12)(H,13,14,15);2-5H,1H3,(H,10,11,12);1-4,7H,(H,8,9,10);1H3,(H,5,6);1H3,(H,2,3,4)/p-10. The molecule has 0 spiro atoms. The van der Waals surface area contributed by atoms with Crippen LogP contribution in [0, 0.1) is 0 Å². The maximum atomic E-state index is 12.2. The first kappa shape index (κ1) is 121. The van der Waals surface area contributed by atoms with Gasteiger partial charge in [-0.05, 0) is 178 Å². The highest BCUT2D eigenvalue weighted by molar-refractivity contribution is 7.87. The van der Waals surface area contributed by atoms with E-state index in [1.807, 2.05) is 52.0 Å². The van der Waals surface area contributed by atoms with Crippen LogP contribution in [0.1, 0.15) is 158 Å². The van der Waals surface area contributed by atoms with Gasteiger partial charge >= 0.3 is 23.9 Å². The van der Waals surface area contributed by atoms with Crippen LogP contribution < -0.4 is 9.84 Å². The first-order valence-corrected chi connectivity index (χ1v) is 50.6. The van der Waals surface area contributed by atoms with E-state index in [9.17, 15) is 157 Å². The number of aliphatic carboxylic acids is 1. The molecular formula is C85H80O44S9-10. The van der Waals surface area contributed by atoms with Gasteiger partial charge in [0.25, 0.3) is 0 Å². The van der Waals surface area contributed by atoms with Crippen LogP contribution in [-0.4, -0.2) is 217 Å². The van der Waals surface area contributed by atoms with Crippen molar-refractivity contribution >= 4 is 160 Å². The van der Waals surface area contributed by atoms with Crippen LogP contribution in [0.5, 0.6) is 23.0 Å². The van der Waals surface area contributed by atoms with Gasteiger partial charge in [0, 0.05) is 30.4 Å². The number of Topliss-reactive ketones (excluding diaryl/α,β-unsaturated/α-hetero) is 2. The molecule has 53 heteroatoms. The van der Waals surface area contributed by atoms with E-state index in [0.717, 1.165) is 117 Å². The molecule has 0 atom stereocenters. The number of hydrogen-bond acceptors (Lipinski definition) is 42. The van der Waals surface area contributed by atoms with Crippen LogP contribution in [0.15, 0.2) is 258 Å². The van der Waals surface area contributed by atoms with Crippen LogP contribution in [0.2, 0.25) is 0 Å². The third-order valence-electron chi connectivity index (χ3n) is 16.9. The molecule has 138 heavy (non-hydrogen) atoms. The van der Waals surface area contributed by atoms with Crippen molar-refractivity contribution in [3.8, 4) is 23.0 Å². The summed E-state index contributed by atoms with van der Waals surface area (Å²) in [4.78, 5) is 82.0. The van der Waals surface area contributed by atoms with E-state index in [1.54, 1.807) is 42.5 Å². The predicted molar refractivity (Wildman–Crippen MR) is 472 cm³/mol. The fourth-order valence-corrected chi connectivity index (χ4v) is 15.2. The molecule has 0 aliphatic rings. The second-order valence-electron chi connectivity index (χ2n) is 28.3. The smallest absolute Gasteiger partial charge is 0.337 e. The van der Waals surface area contributed by atoms with Crippen LogP contribution >= 0.6 is 0 Å². The number of hydrogen-bond donors (Lipinski definition) is 5. The summed E-state index contributed by atoms with van der Waals surface area (Å²) in [5, 5.41) is 57.1. The normalized spacial score (nSPS) is 11.3. The highest BCUT2D eigenvalue weighted by Crippen LogP contribution is 2.36. The van der Waals surface area contributed by atoms with Crippen molar-refractivity contribution < 1.29 is 200 Å². The first-order valence-electron chi connectivity index (χ1n) is 37.5. The lowest BCUT2D eigenvalue weighted by Crippen LogP contribution is -2.29. The number of methoxy groups -OCH3 is 3. The van der Waals surface area contributed by atoms with Gasteiger partial charge < -0.3 is 90.6 Å². The largest absolute Gasteiger partial charge is 0.748 e. The van der Waals surface area contributed by atoms with Crippen molar-refractivity contribution in [3.05, 3.63) is 274 Å². The van der Waals surface area contributed by atoms with Crippen LogP contribution in [0.3, 0.4) is 0 Å². The zero-order chi connectivity index (χ0) is 106. The molecule has 0 saturated heterocycles. The number of benzene rings is 11. The van der Waals surface area contributed by atoms with Gasteiger partial charge in [-0.15, -0.1) is 0 Å². The number of carboxylic acids is 3. The summed E-state index contributed by atoms with van der Waals surface area (Å²) in [5.74, 6) is -8.54. The number of rotatable bonds is 20. The maximum Gasteiger partial charge on any atom is 0.337 e. The second kappa shape index (κ2) is 51.2. The number of ketones is 3. The zero-order valence-corrected chi connectivity index (χ0v) is 80.7. The summed E-state index contributed by atoms with van der Waals surface area (Å²) in [7, 11) is -37.1. The van der Waals surface area contributed by atoms with Crippen molar-refractivity contribution in [2.75, 3.05) is 27.6 Å². The fourth-order valence-electron chi connectivity index (χ4n) is 10.4. The Bertz CT molecular complexity index is 7320. The minimum atomic E-state index is -4.89. The zero-order valence-electron chi connectivity index (χ0n) is 73.3. The molecule has 0 fully saturated rings. The molecule has 0 aliphatic heterocycles. The van der Waals surface area contributed by atoms with E-state index in [-0.39, 0.29) is 81.6 Å². The number of aromatic hydroxyl groups is 3. The Morgan fingerprint density at radius 1 is 0.326 bits per heavy atom. The Kier molecular flexibility index (Phi) is 44.8. The average molecular weight is 2090 g/mol. The number of esters is 2. The molecule has 0 aliphatic carbocycles. The van der Waals surface area contributed by atoms with E-state index in [1.165, 1.54) is 73.7 Å². The lowest BCUT2D eigenvalue weighted by molar-refractivity contribution is -0.299. The molecule has 0 radical (unpaired) electrons. The van der Waals surface area contributed by atoms with Gasteiger partial charge in [-0.25, -0.2) is 94.9 Å². The number of phenolic OH excluding ortho intramolecular Hbond substituents is 3. The number of carboxylic acid groups (broad SMARTS) is 3. The number of carbonyl (C=O) groups excluding carboxylic acids is 6. The van der Waals surface area contributed by atoms with E-state index in [0.29, 0.717) is 51.8 Å². The van der Waals surface area contributed by atoms with Crippen molar-refractivity contribution in [3.63, 3.8) is 0 Å². The van der Waals surface area contributed by atoms with Crippen molar-refractivity contribution in [1.29, 1.82) is 0 Å². The first-order chi connectivity index (χ1) is 63.0. The monoisotopic (exact) mass is 2090 g/mol. The molecule has 5 N–H and O–H groups in total. The Hall–Kier alpha value is -13.3. The van der Waals surface area contributed by atoms with Crippen molar-refractivity contribution in [2.45, 2.75) is 112 Å². The van der Waals surface area contributed by atoms with Crippen molar-refractivity contribution in [1.82, 2.24) is 0 Å². The minimum absolute atomic E-state index is 0.00919. The third-order valence-corrected chi connectivity index (χ3v) is 23.8. The van der Waals surface area contributed by atoms with Crippen LogP contribution in [-0.2, 0) is 110 Å². The Labute approximate surface area is 791 Å². The molecule has 0 amide bonds. The summed E-state index contributed by atoms with van der Waals surface area (Å²) < 4.78 is 301. The minimum Gasteiger partial charge on any atom is -0.748 e. The van der Waals surface area contributed by atoms with Gasteiger partial charge in [0.15, 0.2) is 17.3 Å². The van der Waals surface area contributed by atoms with Crippen molar-refractivity contribution in [2.24, 2.45) is 0 Å². The second-order valence-corrected chi connectivity index (χ2v) is 40.6. The lowest BCUT2D eigenvalue weighted by Gasteiger charge is -2.24. The van der Waals surface area contributed by atoms with E-state index in [2.05, 4.69) is 23.3 Å². The summed E-state index contributed by atoms with van der Waals surface area (Å²) in [6.45, 7) is 14.1. The maximum absolute atomic E-state index is 12.2. The van der Waals surface area contributed by atoms with Gasteiger partial charge in [-0.3, -0.25) is 14.4 Å². The molecule has 0 bridgehead atoms. The number of aromatic carboxylic acids is 2. The Balaban J connectivity index is 0.000000527. The number of ether oxygens (including phenoxy) is 3. The topological polar surface area (TPSA) is 803 Å². The van der Waals surface area contributed by atoms with Gasteiger partial charge in [-0.1, -0.05) is 139 Å². The molecule has 11 aromatic rings. The van der Waals surface area contributed by atoms with Gasteiger partial charge in [0.2, 0.25) is 0 Å². The van der Waals surface area contributed by atoms with Gasteiger partial charge in [0.1, 0.15) is 110 Å². The Morgan fingerprint density at radius 3 is 0.986 bits per heavy atom. The molecular weight excluding hydrogens is 2010 g/mol. The number of phenols is 3. The lowest BCUT2D eigenvalue weighted by atomic mass is 9.89. The molecule has 0 unspecified atom stereocenters. The predicted octanol–water partition coefficient (Wildman–Crippen LogP) is 7.42. The highest BCUT2D eigenvalue weighted by Gasteiger charge is 2.24. The van der Waals surface area contributed by atoms with E-state index >= 15 is 0 Å². The summed E-state index contributed by atoms with van der Waals surface area (Å²) in [5.41, 5.74) is 1.12. The quantitative estimate of drug-likeness (QED) is 0.0214. The fraction of sp³-hybridized carbons (Fsp3) is 0.176. The Morgan fingerprint density at radius 2 is 0.652 bits per heavy atom. The molecule has 11 rings (SSSR count). The van der Waals surface area contributed by atoms with Crippen LogP contribution in [0.25, 0.3) is 21.5 Å². The number of fused-ring (bicyclic) bond motifs is 2. The molecule has 0 heterocycles. The summed E-state index contributed by atoms with van der Waals surface area (Å²) in [6.07, 6.45) is 0.604. The third kappa shape index (κ3) is 40.9. The van der Waals surface area contributed by atoms with E-state index in [4.69, 9.17) is 33.0 Å². The van der Waals surface area contributed by atoms with Crippen LogP contribution in [0.4, 0.5) is 0 Å². The highest BCUT2D eigenvalue weighted by atomic mass is 32.3. The molecule has 0 saturated carbocycles. The summed E-state index contributed by atoms with van der Waals surface area (Å²) >= 11 is 0. The van der Waals surface area contributed by atoms with Gasteiger partial charge in [0.05, 0.1) is 98.4 Å². The average Bonchev–Trinajstić information content (AvgIpc) is 0.774. The SMILES string of the molecule is CC(=O)C(=O)[O-].CC(=O)c1ccc(S(=O)(=O)[O-])cc1.CC(C)c1cc(C(C)C)c(S(=O)(=O)[O-])c(C(C)C)c1.COC(=O)c1cc(C(=O)OC)cc(S(=O)(=O)[O-])c1.COc1cc(O)c(C(=O)c2ccccc2)cc1S(=O)(=O)[O-].CS(=O)(=O)[O-].O=C(O)c1cc(C(=O)O)cc(S(=O)(=O)[O-])c1.O=S(=O)([O-])c1ccc(O)cc1.O=S(=O)([O-])c1ccc2cc(O)ccc2c1.O=S(=O)([O-])c1ccc2ccccc2c1. The molecule has 11 aromatic carbocycles. The molecule has 748 valence electrons. The molecule has 44 nitrogen and oxygen atoms in total. The summed E-state index contributed by atoms with van der Waals surface area (Å²) in [6, 6.07) is 47.6. The van der Waals surface area contributed by atoms with E-state index < -0.39 is 164 Å². The number of carbonyl (C=O) groups is 8. The molecule has 0 aromatic heterocycles.